The van der Waals surface area contributed by atoms with Crippen LogP contribution in [0, 0.1) is 11.3 Å². The largest absolute Gasteiger partial charge is 0.497 e. The summed E-state index contributed by atoms with van der Waals surface area (Å²) in [7, 11) is 4.85. The molecule has 4 rings (SSSR count). The van der Waals surface area contributed by atoms with Crippen molar-refractivity contribution in [2.24, 2.45) is 0 Å². The van der Waals surface area contributed by atoms with Crippen molar-refractivity contribution in [1.29, 1.82) is 5.26 Å². The number of fused-ring (bicyclic) bond motifs is 3. The highest BCUT2D eigenvalue weighted by Crippen LogP contribution is 2.45. The summed E-state index contributed by atoms with van der Waals surface area (Å²) < 4.78 is 16.0. The van der Waals surface area contributed by atoms with Gasteiger partial charge in [0.1, 0.15) is 23.2 Å². The fourth-order valence-electron chi connectivity index (χ4n) is 3.51. The third-order valence-electron chi connectivity index (χ3n) is 4.88. The maximum absolute atomic E-state index is 9.89. The van der Waals surface area contributed by atoms with Crippen molar-refractivity contribution >= 4 is 11.5 Å². The van der Waals surface area contributed by atoms with Crippen LogP contribution in [0.1, 0.15) is 16.7 Å². The zero-order chi connectivity index (χ0) is 19.7. The number of aromatic nitrogens is 1. The van der Waals surface area contributed by atoms with Crippen molar-refractivity contribution in [3.63, 3.8) is 0 Å². The van der Waals surface area contributed by atoms with Gasteiger partial charge < -0.3 is 19.5 Å². The first-order chi connectivity index (χ1) is 13.7. The van der Waals surface area contributed by atoms with Gasteiger partial charge in [0.05, 0.1) is 21.3 Å². The van der Waals surface area contributed by atoms with Gasteiger partial charge in [0.15, 0.2) is 11.5 Å². The molecule has 0 fully saturated rings. The summed E-state index contributed by atoms with van der Waals surface area (Å²) in [5.41, 5.74) is 5.32. The van der Waals surface area contributed by atoms with Gasteiger partial charge in [0, 0.05) is 23.9 Å². The molecule has 140 valence electrons. The van der Waals surface area contributed by atoms with Gasteiger partial charge in [-0.05, 0) is 53.1 Å². The number of hydrogen-bond donors (Lipinski definition) is 1. The average molecular weight is 373 g/mol. The zero-order valence-electron chi connectivity index (χ0n) is 15.9. The summed E-state index contributed by atoms with van der Waals surface area (Å²) >= 11 is 0. The van der Waals surface area contributed by atoms with Crippen LogP contribution in [0.4, 0.5) is 11.5 Å². The number of nitrogens with zero attached hydrogens (tertiary/aromatic N) is 2. The molecule has 0 unspecified atom stereocenters. The minimum absolute atomic E-state index is 0.513. The Morgan fingerprint density at radius 2 is 1.68 bits per heavy atom. The van der Waals surface area contributed by atoms with Gasteiger partial charge in [-0.25, -0.2) is 4.98 Å². The van der Waals surface area contributed by atoms with Crippen molar-refractivity contribution in [2.45, 2.75) is 6.42 Å². The molecule has 0 spiro atoms. The molecule has 0 bridgehead atoms. The predicted octanol–water partition coefficient (Wildman–Crippen LogP) is 4.29. The molecule has 3 aromatic rings. The predicted molar refractivity (Wildman–Crippen MR) is 107 cm³/mol. The first-order valence-corrected chi connectivity index (χ1v) is 8.76. The molecular formula is C22H19N3O3. The molecular weight excluding hydrogens is 354 g/mol. The number of nitriles is 1. The minimum Gasteiger partial charge on any atom is -0.497 e. The first kappa shape index (κ1) is 17.7. The van der Waals surface area contributed by atoms with Gasteiger partial charge in [0.2, 0.25) is 0 Å². The molecule has 28 heavy (non-hydrogen) atoms. The normalized spacial score (nSPS) is 11.2. The number of rotatable bonds is 5. The number of ether oxygens (including phenoxy) is 3. The van der Waals surface area contributed by atoms with Crippen molar-refractivity contribution in [3.8, 4) is 34.4 Å². The first-order valence-electron chi connectivity index (χ1n) is 8.76. The second kappa shape index (κ2) is 7.12. The highest BCUT2D eigenvalue weighted by atomic mass is 16.5. The van der Waals surface area contributed by atoms with Crippen molar-refractivity contribution in [3.05, 3.63) is 59.3 Å². The van der Waals surface area contributed by atoms with E-state index in [2.05, 4.69) is 16.4 Å². The van der Waals surface area contributed by atoms with E-state index in [4.69, 9.17) is 14.2 Å². The van der Waals surface area contributed by atoms with Gasteiger partial charge in [0.25, 0.3) is 0 Å². The van der Waals surface area contributed by atoms with E-state index in [0.717, 1.165) is 33.7 Å². The highest BCUT2D eigenvalue weighted by molar-refractivity contribution is 5.87. The Balaban J connectivity index is 1.79. The monoisotopic (exact) mass is 373 g/mol. The Morgan fingerprint density at radius 1 is 0.964 bits per heavy atom. The summed E-state index contributed by atoms with van der Waals surface area (Å²) in [6.07, 6.45) is 2.52. The van der Waals surface area contributed by atoms with Gasteiger partial charge in [-0.3, -0.25) is 0 Å². The number of anilines is 2. The molecule has 0 saturated carbocycles. The number of pyridine rings is 1. The second-order valence-corrected chi connectivity index (χ2v) is 6.39. The standard InChI is InChI=1S/C22H19N3O3/c1-26-16-6-4-15(5-7-16)25-22-18(11-23)21-14(12-24-22)8-13-9-19(27-2)20(28-3)10-17(13)21/h4-7,9-10,12H,8H2,1-3H3,(H,24,25). The molecule has 1 heterocycles. The summed E-state index contributed by atoms with van der Waals surface area (Å²) in [4.78, 5) is 4.50. The van der Waals surface area contributed by atoms with E-state index in [1.54, 1.807) is 21.3 Å². The smallest absolute Gasteiger partial charge is 0.161 e. The Bertz CT molecular complexity index is 1090. The number of methoxy groups -OCH3 is 3. The van der Waals surface area contributed by atoms with E-state index in [-0.39, 0.29) is 0 Å². The van der Waals surface area contributed by atoms with Crippen LogP contribution in [0.25, 0.3) is 11.1 Å². The van der Waals surface area contributed by atoms with E-state index in [1.807, 2.05) is 42.6 Å². The fraction of sp³-hybridized carbons (Fsp3) is 0.182. The SMILES string of the molecule is COc1ccc(Nc2ncc3c(c2C#N)-c2cc(OC)c(OC)cc2C3)cc1. The minimum atomic E-state index is 0.513. The van der Waals surface area contributed by atoms with Crippen LogP contribution in [0.15, 0.2) is 42.6 Å². The Morgan fingerprint density at radius 3 is 2.32 bits per heavy atom. The Labute approximate surface area is 163 Å². The van der Waals surface area contributed by atoms with Gasteiger partial charge in [-0.2, -0.15) is 5.26 Å². The fourth-order valence-corrected chi connectivity index (χ4v) is 3.51. The molecule has 6 nitrogen and oxygen atoms in total. The zero-order valence-corrected chi connectivity index (χ0v) is 15.9. The summed E-state index contributed by atoms with van der Waals surface area (Å²) in [6.45, 7) is 0. The molecule has 0 atom stereocenters. The lowest BCUT2D eigenvalue weighted by Crippen LogP contribution is -2.00. The summed E-state index contributed by atoms with van der Waals surface area (Å²) in [5, 5.41) is 13.1. The topological polar surface area (TPSA) is 76.4 Å². The second-order valence-electron chi connectivity index (χ2n) is 6.39. The van der Waals surface area contributed by atoms with E-state index >= 15 is 0 Å². The van der Waals surface area contributed by atoms with E-state index in [0.29, 0.717) is 29.3 Å². The summed E-state index contributed by atoms with van der Waals surface area (Å²) in [5.74, 6) is 2.61. The van der Waals surface area contributed by atoms with Crippen molar-refractivity contribution < 1.29 is 14.2 Å². The van der Waals surface area contributed by atoms with Crippen LogP contribution in [0.2, 0.25) is 0 Å². The highest BCUT2D eigenvalue weighted by Gasteiger charge is 2.26. The average Bonchev–Trinajstić information content (AvgIpc) is 3.10. The molecule has 0 radical (unpaired) electrons. The van der Waals surface area contributed by atoms with E-state index < -0.39 is 0 Å². The third-order valence-corrected chi connectivity index (χ3v) is 4.88. The molecule has 2 aromatic carbocycles. The van der Waals surface area contributed by atoms with E-state index in [9.17, 15) is 5.26 Å². The Hall–Kier alpha value is -3.72. The lowest BCUT2D eigenvalue weighted by molar-refractivity contribution is 0.355. The van der Waals surface area contributed by atoms with Crippen LogP contribution >= 0.6 is 0 Å². The maximum Gasteiger partial charge on any atom is 0.161 e. The number of hydrogen-bond acceptors (Lipinski definition) is 6. The molecule has 6 heteroatoms. The van der Waals surface area contributed by atoms with Gasteiger partial charge in [-0.15, -0.1) is 0 Å². The molecule has 1 aromatic heterocycles. The molecule has 0 amide bonds. The lowest BCUT2D eigenvalue weighted by atomic mass is 10.0. The van der Waals surface area contributed by atoms with Crippen LogP contribution in [-0.4, -0.2) is 26.3 Å². The van der Waals surface area contributed by atoms with Crippen molar-refractivity contribution in [1.82, 2.24) is 4.98 Å². The molecule has 0 saturated heterocycles. The molecule has 1 aliphatic carbocycles. The molecule has 0 aliphatic heterocycles. The van der Waals surface area contributed by atoms with Crippen molar-refractivity contribution in [2.75, 3.05) is 26.6 Å². The van der Waals surface area contributed by atoms with Crippen LogP contribution in [0.5, 0.6) is 17.2 Å². The quantitative estimate of drug-likeness (QED) is 0.562. The van der Waals surface area contributed by atoms with Gasteiger partial charge in [-0.1, -0.05) is 0 Å². The van der Waals surface area contributed by atoms with E-state index in [1.165, 1.54) is 0 Å². The molecule has 1 N–H and O–H groups in total. The Kier molecular flexibility index (Phi) is 4.50. The van der Waals surface area contributed by atoms with Crippen LogP contribution < -0.4 is 19.5 Å². The number of nitrogens with one attached hydrogen (secondary N) is 1. The van der Waals surface area contributed by atoms with Gasteiger partial charge >= 0.3 is 0 Å². The molecule has 1 aliphatic rings. The third kappa shape index (κ3) is 2.87. The maximum atomic E-state index is 9.89. The summed E-state index contributed by atoms with van der Waals surface area (Å²) in [6, 6.07) is 13.7. The van der Waals surface area contributed by atoms with Crippen LogP contribution in [-0.2, 0) is 6.42 Å². The number of benzene rings is 2. The van der Waals surface area contributed by atoms with Crippen LogP contribution in [0.3, 0.4) is 0 Å². The lowest BCUT2D eigenvalue weighted by Gasteiger charge is -2.13.